The average Bonchev–Trinajstić information content (AvgIpc) is 2.68. The molecule has 2 N–H and O–H groups in total. The van der Waals surface area contributed by atoms with Gasteiger partial charge < -0.3 is 19.8 Å². The van der Waals surface area contributed by atoms with E-state index in [1.54, 1.807) is 19.2 Å². The molecule has 0 aliphatic carbocycles. The molecule has 0 saturated heterocycles. The van der Waals surface area contributed by atoms with Crippen molar-refractivity contribution in [3.05, 3.63) is 62.6 Å². The molecule has 0 saturated carbocycles. The molecule has 7 heteroatoms. The quantitative estimate of drug-likeness (QED) is 0.592. The van der Waals surface area contributed by atoms with E-state index in [1.807, 2.05) is 12.1 Å². The molecule has 1 atom stereocenters. The Bertz CT molecular complexity index is 986. The van der Waals surface area contributed by atoms with Crippen LogP contribution >= 0.6 is 15.9 Å². The molecular weight excluding hydrogens is 410 g/mol. The third-order valence-electron chi connectivity index (χ3n) is 4.46. The summed E-state index contributed by atoms with van der Waals surface area (Å²) in [4.78, 5) is 19.9. The van der Waals surface area contributed by atoms with E-state index in [2.05, 4.69) is 50.3 Å². The van der Waals surface area contributed by atoms with Crippen molar-refractivity contribution in [2.45, 2.75) is 25.9 Å². The number of benzene rings is 2. The highest BCUT2D eigenvalue weighted by Crippen LogP contribution is 2.30. The number of rotatable bonds is 7. The van der Waals surface area contributed by atoms with E-state index in [4.69, 9.17) is 9.47 Å². The Morgan fingerprint density at radius 2 is 1.81 bits per heavy atom. The summed E-state index contributed by atoms with van der Waals surface area (Å²) in [7, 11) is 3.10. The van der Waals surface area contributed by atoms with Crippen LogP contribution in [0.3, 0.4) is 0 Å². The molecule has 6 nitrogen and oxygen atoms in total. The van der Waals surface area contributed by atoms with E-state index in [9.17, 15) is 4.79 Å². The minimum atomic E-state index is -0.200. The van der Waals surface area contributed by atoms with Gasteiger partial charge in [0.15, 0.2) is 11.5 Å². The van der Waals surface area contributed by atoms with Crippen LogP contribution in [-0.4, -0.2) is 24.2 Å². The number of nitrogens with one attached hydrogen (secondary N) is 2. The molecule has 3 rings (SSSR count). The number of fused-ring (bicyclic) bond motifs is 1. The summed E-state index contributed by atoms with van der Waals surface area (Å²) in [5.41, 5.74) is 1.56. The lowest BCUT2D eigenvalue weighted by atomic mass is 10.0. The summed E-state index contributed by atoms with van der Waals surface area (Å²) in [6, 6.07) is 11.7. The average molecular weight is 432 g/mol. The van der Waals surface area contributed by atoms with E-state index < -0.39 is 0 Å². The number of ether oxygens (including phenoxy) is 2. The molecule has 0 unspecified atom stereocenters. The highest BCUT2D eigenvalue weighted by Gasteiger charge is 2.13. The van der Waals surface area contributed by atoms with Gasteiger partial charge in [0.2, 0.25) is 0 Å². The van der Waals surface area contributed by atoms with Gasteiger partial charge in [-0.25, -0.2) is 4.98 Å². The Balaban J connectivity index is 1.86. The minimum Gasteiger partial charge on any atom is -0.493 e. The lowest BCUT2D eigenvalue weighted by Gasteiger charge is -2.17. The first-order valence-corrected chi connectivity index (χ1v) is 9.48. The largest absolute Gasteiger partial charge is 0.493 e. The predicted molar refractivity (Wildman–Crippen MR) is 109 cm³/mol. The zero-order valence-electron chi connectivity index (χ0n) is 15.5. The number of aromatic amines is 1. The fourth-order valence-electron chi connectivity index (χ4n) is 3.01. The lowest BCUT2D eigenvalue weighted by Crippen LogP contribution is -2.23. The first kappa shape index (κ1) is 19.4. The second-order valence-corrected chi connectivity index (χ2v) is 7.05. The van der Waals surface area contributed by atoms with Crippen molar-refractivity contribution in [3.63, 3.8) is 0 Å². The molecular formula is C20H22BrN3O3. The number of halogens is 1. The molecule has 0 fully saturated rings. The number of methoxy groups -OCH3 is 2. The molecule has 27 heavy (non-hydrogen) atoms. The summed E-state index contributed by atoms with van der Waals surface area (Å²) in [5, 5.41) is 3.93. The molecule has 0 radical (unpaired) electrons. The molecule has 1 aromatic heterocycles. The van der Waals surface area contributed by atoms with E-state index in [-0.39, 0.29) is 11.6 Å². The zero-order chi connectivity index (χ0) is 19.4. The second kappa shape index (κ2) is 8.54. The monoisotopic (exact) mass is 431 g/mol. The van der Waals surface area contributed by atoms with Crippen LogP contribution in [0.15, 0.2) is 45.7 Å². The van der Waals surface area contributed by atoms with E-state index in [0.717, 1.165) is 10.9 Å². The van der Waals surface area contributed by atoms with Gasteiger partial charge in [0, 0.05) is 16.6 Å². The number of H-pyrrole nitrogens is 1. The van der Waals surface area contributed by atoms with E-state index in [1.165, 1.54) is 12.7 Å². The fourth-order valence-corrected chi connectivity index (χ4v) is 3.28. The van der Waals surface area contributed by atoms with Gasteiger partial charge >= 0.3 is 0 Å². The van der Waals surface area contributed by atoms with Gasteiger partial charge in [-0.1, -0.05) is 35.0 Å². The van der Waals surface area contributed by atoms with Crippen LogP contribution in [0.1, 0.15) is 30.8 Å². The molecule has 0 aliphatic heterocycles. The van der Waals surface area contributed by atoms with Crippen molar-refractivity contribution in [3.8, 4) is 11.5 Å². The fraction of sp³-hybridized carbons (Fsp3) is 0.300. The Morgan fingerprint density at radius 1 is 1.15 bits per heavy atom. The number of hydrogen-bond donors (Lipinski definition) is 2. The summed E-state index contributed by atoms with van der Waals surface area (Å²) < 4.78 is 11.6. The van der Waals surface area contributed by atoms with Crippen molar-refractivity contribution >= 4 is 26.8 Å². The van der Waals surface area contributed by atoms with Crippen LogP contribution in [0.25, 0.3) is 10.9 Å². The van der Waals surface area contributed by atoms with Gasteiger partial charge in [-0.3, -0.25) is 4.79 Å². The highest BCUT2D eigenvalue weighted by atomic mass is 79.9. The predicted octanol–water partition coefficient (Wildman–Crippen LogP) is 3.94. The smallest absolute Gasteiger partial charge is 0.258 e. The minimum absolute atomic E-state index is 0.171. The Morgan fingerprint density at radius 3 is 2.44 bits per heavy atom. The molecule has 0 spiro atoms. The number of aromatic nitrogens is 2. The third kappa shape index (κ3) is 4.31. The van der Waals surface area contributed by atoms with Gasteiger partial charge in [-0.15, -0.1) is 0 Å². The standard InChI is InChI=1S/C20H22BrN3O3/c1-4-15(12-5-7-13(21)8-6-12)22-11-19-23-16-10-18(27-3)17(26-2)9-14(16)20(25)24-19/h5-10,15,22H,4,11H2,1-3H3,(H,23,24,25)/t15-/m0/s1. The van der Waals surface area contributed by atoms with Crippen molar-refractivity contribution in [1.82, 2.24) is 15.3 Å². The maximum Gasteiger partial charge on any atom is 0.258 e. The summed E-state index contributed by atoms with van der Waals surface area (Å²) in [6.07, 6.45) is 0.921. The van der Waals surface area contributed by atoms with Gasteiger partial charge in [0.25, 0.3) is 5.56 Å². The van der Waals surface area contributed by atoms with Gasteiger partial charge in [0.05, 0.1) is 31.7 Å². The molecule has 1 heterocycles. The Labute approximate surface area is 166 Å². The Kier molecular flexibility index (Phi) is 6.13. The number of nitrogens with zero attached hydrogens (tertiary/aromatic N) is 1. The molecule has 142 valence electrons. The van der Waals surface area contributed by atoms with E-state index in [0.29, 0.717) is 34.8 Å². The zero-order valence-corrected chi connectivity index (χ0v) is 17.1. The SMILES string of the molecule is CC[C@H](NCc1nc2cc(OC)c(OC)cc2c(=O)[nH]1)c1ccc(Br)cc1. The molecule has 2 aromatic carbocycles. The van der Waals surface area contributed by atoms with Crippen LogP contribution < -0.4 is 20.3 Å². The van der Waals surface area contributed by atoms with Crippen LogP contribution in [0.2, 0.25) is 0 Å². The third-order valence-corrected chi connectivity index (χ3v) is 4.98. The van der Waals surface area contributed by atoms with E-state index >= 15 is 0 Å². The van der Waals surface area contributed by atoms with Crippen LogP contribution in [-0.2, 0) is 6.54 Å². The van der Waals surface area contributed by atoms with Gasteiger partial charge in [-0.2, -0.15) is 0 Å². The highest BCUT2D eigenvalue weighted by molar-refractivity contribution is 9.10. The van der Waals surface area contributed by atoms with Crippen LogP contribution in [0, 0.1) is 0 Å². The van der Waals surface area contributed by atoms with Crippen LogP contribution in [0.4, 0.5) is 0 Å². The maximum absolute atomic E-state index is 12.5. The summed E-state index contributed by atoms with van der Waals surface area (Å²) >= 11 is 3.46. The second-order valence-electron chi connectivity index (χ2n) is 6.13. The van der Waals surface area contributed by atoms with Crippen molar-refractivity contribution in [2.75, 3.05) is 14.2 Å². The van der Waals surface area contributed by atoms with Gasteiger partial charge in [0.1, 0.15) is 5.82 Å². The maximum atomic E-state index is 12.5. The molecule has 0 aliphatic rings. The van der Waals surface area contributed by atoms with Crippen molar-refractivity contribution < 1.29 is 9.47 Å². The van der Waals surface area contributed by atoms with Crippen LogP contribution in [0.5, 0.6) is 11.5 Å². The summed E-state index contributed by atoms with van der Waals surface area (Å²) in [6.45, 7) is 2.57. The number of hydrogen-bond acceptors (Lipinski definition) is 5. The molecule has 0 amide bonds. The Hall–Kier alpha value is -2.38. The van der Waals surface area contributed by atoms with Crippen molar-refractivity contribution in [2.24, 2.45) is 0 Å². The first-order chi connectivity index (χ1) is 13.0. The topological polar surface area (TPSA) is 76.2 Å². The van der Waals surface area contributed by atoms with Gasteiger partial charge in [-0.05, 0) is 30.2 Å². The molecule has 0 bridgehead atoms. The first-order valence-electron chi connectivity index (χ1n) is 8.69. The lowest BCUT2D eigenvalue weighted by molar-refractivity contribution is 0.355. The molecule has 3 aromatic rings. The van der Waals surface area contributed by atoms with Crippen molar-refractivity contribution in [1.29, 1.82) is 0 Å². The normalized spacial score (nSPS) is 12.1. The summed E-state index contributed by atoms with van der Waals surface area (Å²) in [5.74, 6) is 1.63.